The van der Waals surface area contributed by atoms with E-state index in [0.717, 1.165) is 10.0 Å². The van der Waals surface area contributed by atoms with Gasteiger partial charge in [0.15, 0.2) is 0 Å². The van der Waals surface area contributed by atoms with E-state index in [1.165, 1.54) is 28.2 Å². The fourth-order valence-corrected chi connectivity index (χ4v) is 4.11. The Morgan fingerprint density at radius 1 is 1.24 bits per heavy atom. The molecule has 1 aromatic rings. The summed E-state index contributed by atoms with van der Waals surface area (Å²) in [5.41, 5.74) is -0.799. The molecule has 1 spiro atoms. The first-order valence-electron chi connectivity index (χ1n) is 8.23. The average Bonchev–Trinajstić information content (AvgIpc) is 3.09. The minimum absolute atomic E-state index is 0.149. The molecule has 3 heterocycles. The third-order valence-corrected chi connectivity index (χ3v) is 5.88. The smallest absolute Gasteiger partial charge is 0.327 e. The highest BCUT2D eigenvalue weighted by molar-refractivity contribution is 7.11. The largest absolute Gasteiger partial charge is 0.338 e. The molecule has 9 nitrogen and oxygen atoms in total. The SMILES string of the molecule is Cc1nnc(CCNC(=O)N2CCC3(CC2)C(=O)N(C)C(=O)N3C)s1. The number of imide groups is 1. The van der Waals surface area contributed by atoms with Crippen molar-refractivity contribution >= 4 is 29.3 Å². The summed E-state index contributed by atoms with van der Waals surface area (Å²) in [4.78, 5) is 41.1. The van der Waals surface area contributed by atoms with Gasteiger partial charge >= 0.3 is 12.1 Å². The van der Waals surface area contributed by atoms with Crippen molar-refractivity contribution in [3.63, 3.8) is 0 Å². The first kappa shape index (κ1) is 17.6. The Kier molecular flexibility index (Phi) is 4.63. The van der Waals surface area contributed by atoms with Gasteiger partial charge in [-0.05, 0) is 19.8 Å². The molecule has 10 heteroatoms. The Bertz CT molecular complexity index is 697. The van der Waals surface area contributed by atoms with Crippen LogP contribution < -0.4 is 5.32 Å². The lowest BCUT2D eigenvalue weighted by molar-refractivity contribution is -0.134. The summed E-state index contributed by atoms with van der Waals surface area (Å²) in [5.74, 6) is -0.174. The summed E-state index contributed by atoms with van der Waals surface area (Å²) in [7, 11) is 3.16. The Balaban J connectivity index is 1.51. The van der Waals surface area contributed by atoms with Crippen molar-refractivity contribution in [2.45, 2.75) is 31.7 Å². The zero-order valence-electron chi connectivity index (χ0n) is 14.6. The lowest BCUT2D eigenvalue weighted by atomic mass is 9.86. The second-order valence-electron chi connectivity index (χ2n) is 6.42. The monoisotopic (exact) mass is 366 g/mol. The van der Waals surface area contributed by atoms with E-state index in [4.69, 9.17) is 0 Å². The fourth-order valence-electron chi connectivity index (χ4n) is 3.41. The van der Waals surface area contributed by atoms with Gasteiger partial charge in [-0.25, -0.2) is 9.59 Å². The van der Waals surface area contributed by atoms with Crippen molar-refractivity contribution < 1.29 is 14.4 Å². The predicted molar refractivity (Wildman–Crippen MR) is 91.2 cm³/mol. The Morgan fingerprint density at radius 3 is 2.44 bits per heavy atom. The van der Waals surface area contributed by atoms with Crippen molar-refractivity contribution in [2.75, 3.05) is 33.7 Å². The van der Waals surface area contributed by atoms with Crippen LogP contribution in [0.15, 0.2) is 0 Å². The van der Waals surface area contributed by atoms with Gasteiger partial charge in [0.1, 0.15) is 15.6 Å². The molecule has 2 aliphatic heterocycles. The van der Waals surface area contributed by atoms with Crippen molar-refractivity contribution in [3.8, 4) is 0 Å². The van der Waals surface area contributed by atoms with Crippen LogP contribution in [0.4, 0.5) is 9.59 Å². The van der Waals surface area contributed by atoms with Gasteiger partial charge in [-0.3, -0.25) is 9.69 Å². The highest BCUT2D eigenvalue weighted by Gasteiger charge is 2.55. The van der Waals surface area contributed by atoms with Gasteiger partial charge in [0, 0.05) is 40.2 Å². The highest BCUT2D eigenvalue weighted by atomic mass is 32.1. The first-order valence-corrected chi connectivity index (χ1v) is 9.04. The summed E-state index contributed by atoms with van der Waals surface area (Å²) < 4.78 is 0. The first-order chi connectivity index (χ1) is 11.8. The van der Waals surface area contributed by atoms with E-state index >= 15 is 0 Å². The van der Waals surface area contributed by atoms with Crippen LogP contribution in [0.3, 0.4) is 0 Å². The van der Waals surface area contributed by atoms with Crippen molar-refractivity contribution in [2.24, 2.45) is 0 Å². The zero-order chi connectivity index (χ0) is 18.2. The number of nitrogens with one attached hydrogen (secondary N) is 1. The number of rotatable bonds is 3. The number of likely N-dealkylation sites (tertiary alicyclic amines) is 1. The van der Waals surface area contributed by atoms with Crippen molar-refractivity contribution in [1.82, 2.24) is 30.2 Å². The minimum Gasteiger partial charge on any atom is -0.338 e. The van der Waals surface area contributed by atoms with Crippen LogP contribution in [-0.2, 0) is 11.2 Å². The Hall–Kier alpha value is -2.23. The number of hydrogen-bond donors (Lipinski definition) is 1. The molecule has 3 rings (SSSR count). The van der Waals surface area contributed by atoms with E-state index in [0.29, 0.717) is 38.9 Å². The van der Waals surface area contributed by atoms with Gasteiger partial charge in [0.05, 0.1) is 0 Å². The quantitative estimate of drug-likeness (QED) is 0.784. The predicted octanol–water partition coefficient (Wildman–Crippen LogP) is 0.457. The number of piperidine rings is 1. The molecule has 2 aliphatic rings. The average molecular weight is 366 g/mol. The fraction of sp³-hybridized carbons (Fsp3) is 0.667. The number of aromatic nitrogens is 2. The van der Waals surface area contributed by atoms with Crippen molar-refractivity contribution in [1.29, 1.82) is 0 Å². The van der Waals surface area contributed by atoms with E-state index in [-0.39, 0.29) is 18.0 Å². The molecule has 25 heavy (non-hydrogen) atoms. The number of likely N-dealkylation sites (N-methyl/N-ethyl adjacent to an activating group) is 2. The lowest BCUT2D eigenvalue weighted by Gasteiger charge is -2.40. The van der Waals surface area contributed by atoms with Gasteiger partial charge < -0.3 is 15.1 Å². The zero-order valence-corrected chi connectivity index (χ0v) is 15.4. The van der Waals surface area contributed by atoms with Gasteiger partial charge in [-0.15, -0.1) is 21.5 Å². The molecule has 0 unspecified atom stereocenters. The molecular formula is C15H22N6O3S. The summed E-state index contributed by atoms with van der Waals surface area (Å²) >= 11 is 1.52. The Morgan fingerprint density at radius 2 is 1.92 bits per heavy atom. The van der Waals surface area contributed by atoms with Crippen LogP contribution in [0.5, 0.6) is 0 Å². The molecule has 2 saturated heterocycles. The Labute approximate surface area is 150 Å². The molecular weight excluding hydrogens is 344 g/mol. The summed E-state index contributed by atoms with van der Waals surface area (Å²) in [6.07, 6.45) is 1.57. The number of urea groups is 2. The third-order valence-electron chi connectivity index (χ3n) is 4.98. The molecule has 2 fully saturated rings. The molecule has 0 atom stereocenters. The maximum absolute atomic E-state index is 12.4. The van der Waals surface area contributed by atoms with Crippen LogP contribution in [0, 0.1) is 6.92 Å². The lowest BCUT2D eigenvalue weighted by Crippen LogP contribution is -2.57. The van der Waals surface area contributed by atoms with Crippen LogP contribution in [0.25, 0.3) is 0 Å². The maximum atomic E-state index is 12.4. The molecule has 0 radical (unpaired) electrons. The molecule has 1 aromatic heterocycles. The second kappa shape index (κ2) is 6.58. The topological polar surface area (TPSA) is 98.7 Å². The van der Waals surface area contributed by atoms with E-state index in [1.54, 1.807) is 11.9 Å². The van der Waals surface area contributed by atoms with E-state index < -0.39 is 5.54 Å². The number of hydrogen-bond acceptors (Lipinski definition) is 6. The number of aryl methyl sites for hydroxylation is 1. The molecule has 0 saturated carbocycles. The van der Waals surface area contributed by atoms with Gasteiger partial charge in [-0.1, -0.05) is 0 Å². The molecule has 0 aromatic carbocycles. The maximum Gasteiger partial charge on any atom is 0.327 e. The number of carbonyl (C=O) groups is 3. The normalized spacial score (nSPS) is 19.9. The summed E-state index contributed by atoms with van der Waals surface area (Å²) in [5, 5.41) is 12.7. The molecule has 1 N–H and O–H groups in total. The molecule has 5 amide bonds. The number of nitrogens with zero attached hydrogens (tertiary/aromatic N) is 5. The van der Waals surface area contributed by atoms with Crippen molar-refractivity contribution in [3.05, 3.63) is 10.0 Å². The minimum atomic E-state index is -0.799. The van der Waals surface area contributed by atoms with E-state index in [1.807, 2.05) is 6.92 Å². The van der Waals surface area contributed by atoms with E-state index in [2.05, 4.69) is 15.5 Å². The molecule has 136 valence electrons. The second-order valence-corrected chi connectivity index (χ2v) is 7.69. The van der Waals surface area contributed by atoms with Crippen LogP contribution in [0.1, 0.15) is 22.9 Å². The standard InChI is InChI=1S/C15H22N6O3S/c1-10-17-18-11(25-10)4-7-16-13(23)21-8-5-15(6-9-21)12(22)19(2)14(24)20(15)3/h4-9H2,1-3H3,(H,16,23). The van der Waals surface area contributed by atoms with Crippen LogP contribution in [-0.4, -0.2) is 82.1 Å². The van der Waals surface area contributed by atoms with Gasteiger partial charge in [0.2, 0.25) is 0 Å². The number of amides is 5. The summed E-state index contributed by atoms with van der Waals surface area (Å²) in [6, 6.07) is -0.431. The number of carbonyl (C=O) groups excluding carboxylic acids is 3. The highest BCUT2D eigenvalue weighted by Crippen LogP contribution is 2.35. The molecule has 0 aliphatic carbocycles. The van der Waals surface area contributed by atoms with E-state index in [9.17, 15) is 14.4 Å². The van der Waals surface area contributed by atoms with Crippen LogP contribution in [0.2, 0.25) is 0 Å². The van der Waals surface area contributed by atoms with Gasteiger partial charge in [0.25, 0.3) is 5.91 Å². The summed E-state index contributed by atoms with van der Waals surface area (Å²) in [6.45, 7) is 3.28. The van der Waals surface area contributed by atoms with Crippen LogP contribution >= 0.6 is 11.3 Å². The van der Waals surface area contributed by atoms with Gasteiger partial charge in [-0.2, -0.15) is 0 Å². The third kappa shape index (κ3) is 3.06. The molecule has 0 bridgehead atoms.